The Hall–Kier alpha value is -2.67. The summed E-state index contributed by atoms with van der Waals surface area (Å²) in [5.74, 6) is -1.06. The van der Waals surface area contributed by atoms with Crippen LogP contribution in [0.3, 0.4) is 0 Å². The number of aromatic nitrogens is 2. The molecule has 0 saturated carbocycles. The first-order chi connectivity index (χ1) is 10.7. The van der Waals surface area contributed by atoms with Crippen LogP contribution in [0.5, 0.6) is 0 Å². The van der Waals surface area contributed by atoms with Crippen molar-refractivity contribution in [1.82, 2.24) is 9.13 Å². The van der Waals surface area contributed by atoms with Crippen molar-refractivity contribution in [2.24, 2.45) is 19.8 Å². The first kappa shape index (κ1) is 16.7. The van der Waals surface area contributed by atoms with E-state index in [4.69, 9.17) is 10.8 Å². The Morgan fingerprint density at radius 2 is 1.91 bits per heavy atom. The Morgan fingerprint density at radius 3 is 2.48 bits per heavy atom. The van der Waals surface area contributed by atoms with Gasteiger partial charge in [-0.2, -0.15) is 0 Å². The summed E-state index contributed by atoms with van der Waals surface area (Å²) in [5.41, 5.74) is 7.50. The van der Waals surface area contributed by atoms with Crippen LogP contribution in [0.4, 0.5) is 0 Å². The lowest BCUT2D eigenvalue weighted by atomic mass is 9.97. The molecule has 0 radical (unpaired) electrons. The van der Waals surface area contributed by atoms with Gasteiger partial charge >= 0.3 is 11.7 Å². The highest BCUT2D eigenvalue weighted by Gasteiger charge is 2.15. The Balaban J connectivity index is 2.49. The van der Waals surface area contributed by atoms with Gasteiger partial charge in [-0.05, 0) is 30.0 Å². The van der Waals surface area contributed by atoms with E-state index >= 15 is 0 Å². The molecule has 0 aliphatic heterocycles. The Bertz CT molecular complexity index is 880. The van der Waals surface area contributed by atoms with E-state index in [1.54, 1.807) is 19.2 Å². The monoisotopic (exact) mass is 317 g/mol. The number of nitrogens with two attached hydrogens (primary N) is 1. The van der Waals surface area contributed by atoms with Gasteiger partial charge in [-0.15, -0.1) is 0 Å². The molecule has 1 unspecified atom stereocenters. The highest BCUT2D eigenvalue weighted by Crippen LogP contribution is 2.21. The molecule has 0 aliphatic rings. The van der Waals surface area contributed by atoms with E-state index in [0.29, 0.717) is 11.1 Å². The number of aliphatic carboxylic acids is 1. The van der Waals surface area contributed by atoms with Gasteiger partial charge in [0.05, 0.1) is 5.56 Å². The average molecular weight is 317 g/mol. The van der Waals surface area contributed by atoms with Crippen LogP contribution in [0.2, 0.25) is 0 Å². The topological polar surface area (TPSA) is 107 Å². The zero-order chi connectivity index (χ0) is 17.3. The van der Waals surface area contributed by atoms with Crippen LogP contribution in [0.25, 0.3) is 11.1 Å². The lowest BCUT2D eigenvalue weighted by Crippen LogP contribution is -2.37. The van der Waals surface area contributed by atoms with Crippen molar-refractivity contribution in [3.63, 3.8) is 0 Å². The SMILES string of the molecule is Cc1cc(CC(N)C(=O)O)ccc1-c1cn(C)c(=O)n(C)c1=O. The van der Waals surface area contributed by atoms with Crippen LogP contribution in [0, 0.1) is 6.92 Å². The highest BCUT2D eigenvalue weighted by atomic mass is 16.4. The number of rotatable bonds is 4. The van der Waals surface area contributed by atoms with Gasteiger partial charge in [-0.25, -0.2) is 4.79 Å². The van der Waals surface area contributed by atoms with Crippen molar-refractivity contribution in [2.45, 2.75) is 19.4 Å². The zero-order valence-corrected chi connectivity index (χ0v) is 13.2. The van der Waals surface area contributed by atoms with Crippen LogP contribution >= 0.6 is 0 Å². The van der Waals surface area contributed by atoms with E-state index in [1.165, 1.54) is 17.8 Å². The number of benzene rings is 1. The number of carbonyl (C=O) groups is 1. The van der Waals surface area contributed by atoms with E-state index in [0.717, 1.165) is 15.7 Å². The molecule has 2 rings (SSSR count). The Kier molecular flexibility index (Phi) is 4.51. The molecule has 0 spiro atoms. The molecule has 3 N–H and O–H groups in total. The molecular weight excluding hydrogens is 298 g/mol. The molecule has 0 bridgehead atoms. The largest absolute Gasteiger partial charge is 0.480 e. The van der Waals surface area contributed by atoms with Gasteiger partial charge in [0.15, 0.2) is 0 Å². The van der Waals surface area contributed by atoms with Gasteiger partial charge in [0, 0.05) is 20.3 Å². The van der Waals surface area contributed by atoms with Gasteiger partial charge in [0.25, 0.3) is 5.56 Å². The first-order valence-electron chi connectivity index (χ1n) is 7.07. The fourth-order valence-corrected chi connectivity index (χ4v) is 2.49. The summed E-state index contributed by atoms with van der Waals surface area (Å²) in [7, 11) is 3.02. The van der Waals surface area contributed by atoms with Crippen molar-refractivity contribution in [3.05, 3.63) is 56.4 Å². The molecule has 1 heterocycles. The molecule has 0 saturated heterocycles. The molecule has 1 atom stereocenters. The number of carboxylic acids is 1. The minimum atomic E-state index is -1.06. The maximum Gasteiger partial charge on any atom is 0.330 e. The van der Waals surface area contributed by atoms with Crippen molar-refractivity contribution < 1.29 is 9.90 Å². The molecule has 1 aromatic carbocycles. The predicted molar refractivity (Wildman–Crippen MR) is 86.4 cm³/mol. The minimum Gasteiger partial charge on any atom is -0.480 e. The summed E-state index contributed by atoms with van der Waals surface area (Å²) in [6.45, 7) is 1.83. The van der Waals surface area contributed by atoms with E-state index in [9.17, 15) is 14.4 Å². The van der Waals surface area contributed by atoms with E-state index in [2.05, 4.69) is 0 Å². The molecule has 23 heavy (non-hydrogen) atoms. The molecule has 122 valence electrons. The quantitative estimate of drug-likeness (QED) is 0.826. The summed E-state index contributed by atoms with van der Waals surface area (Å²) in [4.78, 5) is 34.9. The number of hydrogen-bond donors (Lipinski definition) is 2. The van der Waals surface area contributed by atoms with E-state index in [-0.39, 0.29) is 17.7 Å². The molecule has 0 amide bonds. The molecule has 2 aromatic rings. The third-order valence-electron chi connectivity index (χ3n) is 3.80. The predicted octanol–water partition coefficient (Wildman–Crippen LogP) is 0.0138. The normalized spacial score (nSPS) is 12.2. The Morgan fingerprint density at radius 1 is 1.26 bits per heavy atom. The second kappa shape index (κ2) is 6.21. The maximum absolute atomic E-state index is 12.3. The van der Waals surface area contributed by atoms with E-state index in [1.807, 2.05) is 13.0 Å². The molecule has 0 aliphatic carbocycles. The highest BCUT2D eigenvalue weighted by molar-refractivity contribution is 5.73. The lowest BCUT2D eigenvalue weighted by Gasteiger charge is -2.12. The van der Waals surface area contributed by atoms with Crippen LogP contribution < -0.4 is 17.0 Å². The first-order valence-corrected chi connectivity index (χ1v) is 7.07. The fourth-order valence-electron chi connectivity index (χ4n) is 2.49. The van der Waals surface area contributed by atoms with Gasteiger partial charge in [-0.3, -0.25) is 14.2 Å². The van der Waals surface area contributed by atoms with Crippen LogP contribution in [-0.2, 0) is 25.3 Å². The number of carboxylic acid groups (broad SMARTS) is 1. The van der Waals surface area contributed by atoms with Gasteiger partial charge < -0.3 is 15.4 Å². The second-order valence-corrected chi connectivity index (χ2v) is 5.60. The smallest absolute Gasteiger partial charge is 0.330 e. The Labute approximate surface area is 132 Å². The van der Waals surface area contributed by atoms with E-state index < -0.39 is 12.0 Å². The third kappa shape index (κ3) is 3.24. The molecule has 0 fully saturated rings. The number of nitrogens with zero attached hydrogens (tertiary/aromatic N) is 2. The van der Waals surface area contributed by atoms with Crippen LogP contribution in [-0.4, -0.2) is 26.3 Å². The van der Waals surface area contributed by atoms with Crippen LogP contribution in [0.1, 0.15) is 11.1 Å². The minimum absolute atomic E-state index is 0.210. The molecule has 7 heteroatoms. The standard InChI is InChI=1S/C16H19N3O4/c1-9-6-10(7-13(17)15(21)22)4-5-11(9)12-8-18(2)16(23)19(3)14(12)20/h4-6,8,13H,7,17H2,1-3H3,(H,21,22). The summed E-state index contributed by atoms with van der Waals surface area (Å²) < 4.78 is 2.41. The van der Waals surface area contributed by atoms with Crippen molar-refractivity contribution >= 4 is 5.97 Å². The third-order valence-corrected chi connectivity index (χ3v) is 3.80. The summed E-state index contributed by atoms with van der Waals surface area (Å²) >= 11 is 0. The van der Waals surface area contributed by atoms with Crippen LogP contribution in [0.15, 0.2) is 34.0 Å². The summed E-state index contributed by atoms with van der Waals surface area (Å²) in [5, 5.41) is 8.87. The van der Waals surface area contributed by atoms with Gasteiger partial charge in [0.2, 0.25) is 0 Å². The lowest BCUT2D eigenvalue weighted by molar-refractivity contribution is -0.138. The second-order valence-electron chi connectivity index (χ2n) is 5.60. The van der Waals surface area contributed by atoms with Gasteiger partial charge in [-0.1, -0.05) is 18.2 Å². The van der Waals surface area contributed by atoms with Crippen molar-refractivity contribution in [2.75, 3.05) is 0 Å². The zero-order valence-electron chi connectivity index (χ0n) is 13.2. The molecular formula is C16H19N3O4. The summed E-state index contributed by atoms with van der Waals surface area (Å²) in [6, 6.07) is 4.34. The van der Waals surface area contributed by atoms with Crippen molar-refractivity contribution in [1.29, 1.82) is 0 Å². The van der Waals surface area contributed by atoms with Crippen molar-refractivity contribution in [3.8, 4) is 11.1 Å². The summed E-state index contributed by atoms with van der Waals surface area (Å²) in [6.07, 6.45) is 1.72. The molecule has 1 aromatic heterocycles. The molecule has 7 nitrogen and oxygen atoms in total. The number of hydrogen-bond acceptors (Lipinski definition) is 4. The number of aryl methyl sites for hydroxylation is 2. The van der Waals surface area contributed by atoms with Gasteiger partial charge in [0.1, 0.15) is 6.04 Å². The fraction of sp³-hybridized carbons (Fsp3) is 0.312. The average Bonchev–Trinajstić information content (AvgIpc) is 2.49. The maximum atomic E-state index is 12.3.